The molecule has 0 fully saturated rings. The second-order valence-electron chi connectivity index (χ2n) is 4.55. The van der Waals surface area contributed by atoms with E-state index in [-0.39, 0.29) is 22.7 Å². The van der Waals surface area contributed by atoms with Crippen molar-refractivity contribution in [3.63, 3.8) is 0 Å². The highest BCUT2D eigenvalue weighted by molar-refractivity contribution is 6.25. The SMILES string of the molecule is O=C1C=C(Nc2cc(F)ccc2F)C(=O)c2ccccc21. The molecular formula is C16H9F2NO2. The minimum Gasteiger partial charge on any atom is -0.350 e. The highest BCUT2D eigenvalue weighted by atomic mass is 19.1. The standard InChI is InChI=1S/C16H9F2NO2/c17-9-5-6-12(18)13(7-9)19-14-8-15(20)10-3-1-2-4-11(10)16(14)21/h1-8,19H. The van der Waals surface area contributed by atoms with Gasteiger partial charge in [-0.2, -0.15) is 0 Å². The number of rotatable bonds is 2. The first-order valence-electron chi connectivity index (χ1n) is 6.18. The maximum absolute atomic E-state index is 13.6. The number of benzene rings is 2. The quantitative estimate of drug-likeness (QED) is 0.920. The summed E-state index contributed by atoms with van der Waals surface area (Å²) in [5, 5.41) is 2.49. The first-order chi connectivity index (χ1) is 10.1. The van der Waals surface area contributed by atoms with E-state index in [4.69, 9.17) is 0 Å². The molecule has 1 N–H and O–H groups in total. The number of carbonyl (C=O) groups excluding carboxylic acids is 2. The number of hydrogen-bond acceptors (Lipinski definition) is 3. The zero-order valence-corrected chi connectivity index (χ0v) is 10.7. The number of Topliss-reactive ketones (excluding diaryl/α,β-unsaturated/α-hetero) is 1. The zero-order chi connectivity index (χ0) is 15.0. The van der Waals surface area contributed by atoms with Gasteiger partial charge in [0.15, 0.2) is 5.78 Å². The van der Waals surface area contributed by atoms with Crippen molar-refractivity contribution in [1.82, 2.24) is 0 Å². The molecule has 0 spiro atoms. The summed E-state index contributed by atoms with van der Waals surface area (Å²) in [6.45, 7) is 0. The average molecular weight is 285 g/mol. The van der Waals surface area contributed by atoms with Gasteiger partial charge in [-0.1, -0.05) is 24.3 Å². The van der Waals surface area contributed by atoms with Crippen LogP contribution in [0, 0.1) is 11.6 Å². The molecule has 5 heteroatoms. The third kappa shape index (κ3) is 2.33. The second kappa shape index (κ2) is 4.94. The number of ketones is 2. The zero-order valence-electron chi connectivity index (χ0n) is 10.7. The fraction of sp³-hybridized carbons (Fsp3) is 0. The van der Waals surface area contributed by atoms with Gasteiger partial charge in [-0.05, 0) is 12.1 Å². The number of hydrogen-bond donors (Lipinski definition) is 1. The molecule has 0 bridgehead atoms. The van der Waals surface area contributed by atoms with Gasteiger partial charge in [0.25, 0.3) is 0 Å². The van der Waals surface area contributed by atoms with Crippen molar-refractivity contribution in [2.75, 3.05) is 5.32 Å². The lowest BCUT2D eigenvalue weighted by Crippen LogP contribution is -2.21. The van der Waals surface area contributed by atoms with Crippen LogP contribution in [0.15, 0.2) is 54.2 Å². The van der Waals surface area contributed by atoms with Crippen LogP contribution < -0.4 is 5.32 Å². The van der Waals surface area contributed by atoms with Crippen molar-refractivity contribution >= 4 is 17.3 Å². The fourth-order valence-corrected chi connectivity index (χ4v) is 2.15. The summed E-state index contributed by atoms with van der Waals surface area (Å²) in [6.07, 6.45) is 1.09. The lowest BCUT2D eigenvalue weighted by atomic mass is 9.92. The van der Waals surface area contributed by atoms with Crippen LogP contribution >= 0.6 is 0 Å². The lowest BCUT2D eigenvalue weighted by molar-refractivity contribution is 0.0985. The van der Waals surface area contributed by atoms with Crippen molar-refractivity contribution in [2.24, 2.45) is 0 Å². The van der Waals surface area contributed by atoms with E-state index in [9.17, 15) is 18.4 Å². The summed E-state index contributed by atoms with van der Waals surface area (Å²) in [5.74, 6) is -2.15. The van der Waals surface area contributed by atoms with Crippen molar-refractivity contribution in [3.8, 4) is 0 Å². The normalized spacial score (nSPS) is 13.7. The fourth-order valence-electron chi connectivity index (χ4n) is 2.15. The molecule has 0 amide bonds. The Morgan fingerprint density at radius 1 is 0.905 bits per heavy atom. The molecule has 0 aliphatic heterocycles. The van der Waals surface area contributed by atoms with E-state index in [1.165, 1.54) is 6.07 Å². The average Bonchev–Trinajstić information content (AvgIpc) is 2.48. The van der Waals surface area contributed by atoms with E-state index in [1.807, 2.05) is 0 Å². The number of halogens is 2. The minimum absolute atomic E-state index is 0.0804. The monoisotopic (exact) mass is 285 g/mol. The topological polar surface area (TPSA) is 46.2 Å². The largest absolute Gasteiger partial charge is 0.350 e. The molecule has 3 nitrogen and oxygen atoms in total. The van der Waals surface area contributed by atoms with Crippen LogP contribution in [-0.4, -0.2) is 11.6 Å². The summed E-state index contributed by atoms with van der Waals surface area (Å²) in [4.78, 5) is 24.2. The van der Waals surface area contributed by atoms with Crippen molar-refractivity contribution < 1.29 is 18.4 Å². The first kappa shape index (κ1) is 13.2. The number of carbonyl (C=O) groups is 2. The van der Waals surface area contributed by atoms with Crippen molar-refractivity contribution in [1.29, 1.82) is 0 Å². The predicted octanol–water partition coefficient (Wildman–Crippen LogP) is 3.34. The Kier molecular flexibility index (Phi) is 3.10. The van der Waals surface area contributed by atoms with E-state index >= 15 is 0 Å². The van der Waals surface area contributed by atoms with Gasteiger partial charge in [-0.25, -0.2) is 8.78 Å². The van der Waals surface area contributed by atoms with Crippen LogP contribution in [0.3, 0.4) is 0 Å². The number of anilines is 1. The maximum Gasteiger partial charge on any atom is 0.210 e. The van der Waals surface area contributed by atoms with E-state index in [0.29, 0.717) is 5.56 Å². The number of allylic oxidation sites excluding steroid dienone is 2. The Morgan fingerprint density at radius 2 is 1.62 bits per heavy atom. The second-order valence-corrected chi connectivity index (χ2v) is 4.55. The molecule has 2 aromatic rings. The highest BCUT2D eigenvalue weighted by Gasteiger charge is 2.25. The molecule has 0 saturated heterocycles. The molecule has 0 heterocycles. The molecular weight excluding hydrogens is 276 g/mol. The summed E-state index contributed by atoms with van der Waals surface area (Å²) >= 11 is 0. The summed E-state index contributed by atoms with van der Waals surface area (Å²) in [6, 6.07) is 9.20. The molecule has 0 unspecified atom stereocenters. The number of nitrogens with one attached hydrogen (secondary N) is 1. The van der Waals surface area contributed by atoms with E-state index in [2.05, 4.69) is 5.32 Å². The molecule has 21 heavy (non-hydrogen) atoms. The van der Waals surface area contributed by atoms with Crippen LogP contribution in [-0.2, 0) is 0 Å². The maximum atomic E-state index is 13.6. The van der Waals surface area contributed by atoms with E-state index in [1.54, 1.807) is 18.2 Å². The van der Waals surface area contributed by atoms with Gasteiger partial charge in [-0.15, -0.1) is 0 Å². The van der Waals surface area contributed by atoms with Crippen molar-refractivity contribution in [2.45, 2.75) is 0 Å². The van der Waals surface area contributed by atoms with Gasteiger partial charge in [0.2, 0.25) is 5.78 Å². The smallest absolute Gasteiger partial charge is 0.210 e. The minimum atomic E-state index is -0.712. The molecule has 1 aliphatic carbocycles. The Labute approximate surface area is 118 Å². The lowest BCUT2D eigenvalue weighted by Gasteiger charge is -2.16. The van der Waals surface area contributed by atoms with Gasteiger partial charge >= 0.3 is 0 Å². The van der Waals surface area contributed by atoms with Crippen molar-refractivity contribution in [3.05, 3.63) is 77.0 Å². The Bertz CT molecular complexity index is 797. The predicted molar refractivity (Wildman–Crippen MR) is 73.2 cm³/mol. The van der Waals surface area contributed by atoms with E-state index in [0.717, 1.165) is 24.3 Å². The Morgan fingerprint density at radius 3 is 2.38 bits per heavy atom. The van der Waals surface area contributed by atoms with Gasteiger partial charge in [-0.3, -0.25) is 9.59 Å². The van der Waals surface area contributed by atoms with Crippen LogP contribution in [0.25, 0.3) is 0 Å². The summed E-state index contributed by atoms with van der Waals surface area (Å²) in [5.41, 5.74) is 0.266. The van der Waals surface area contributed by atoms with Crippen LogP contribution in [0.4, 0.5) is 14.5 Å². The summed E-state index contributed by atoms with van der Waals surface area (Å²) in [7, 11) is 0. The Balaban J connectivity index is 1.99. The van der Waals surface area contributed by atoms with Gasteiger partial charge in [0.05, 0.1) is 11.4 Å². The van der Waals surface area contributed by atoms with E-state index < -0.39 is 17.4 Å². The molecule has 1 aliphatic rings. The van der Waals surface area contributed by atoms with Gasteiger partial charge in [0, 0.05) is 23.3 Å². The van der Waals surface area contributed by atoms with Crippen LogP contribution in [0.5, 0.6) is 0 Å². The molecule has 0 radical (unpaired) electrons. The Hall–Kier alpha value is -2.82. The van der Waals surface area contributed by atoms with Gasteiger partial charge < -0.3 is 5.32 Å². The summed E-state index contributed by atoms with van der Waals surface area (Å²) < 4.78 is 26.7. The number of fused-ring (bicyclic) bond motifs is 1. The molecule has 0 aromatic heterocycles. The third-order valence-electron chi connectivity index (χ3n) is 3.15. The highest BCUT2D eigenvalue weighted by Crippen LogP contribution is 2.24. The van der Waals surface area contributed by atoms with Crippen LogP contribution in [0.1, 0.15) is 20.7 Å². The molecule has 3 rings (SSSR count). The van der Waals surface area contributed by atoms with Crippen LogP contribution in [0.2, 0.25) is 0 Å². The molecule has 0 saturated carbocycles. The van der Waals surface area contributed by atoms with Gasteiger partial charge in [0.1, 0.15) is 11.6 Å². The third-order valence-corrected chi connectivity index (χ3v) is 3.15. The molecule has 0 atom stereocenters. The molecule has 2 aromatic carbocycles. The first-order valence-corrected chi connectivity index (χ1v) is 6.18. The molecule has 104 valence electrons.